The summed E-state index contributed by atoms with van der Waals surface area (Å²) in [7, 11) is 0. The molecule has 0 aliphatic heterocycles. The molecule has 0 heterocycles. The second kappa shape index (κ2) is 10.0. The number of carbonyl (C=O) groups is 1. The molecule has 4 N–H and O–H groups in total. The monoisotopic (exact) mass is 434 g/mol. The molecule has 0 spiro atoms. The predicted molar refractivity (Wildman–Crippen MR) is 133 cm³/mol. The molecule has 2 aromatic rings. The molecule has 1 aliphatic rings. The standard InChI is InChI=1S/C28H38N2O2/c1-27(2,30)19-25(29)28(3,4)26(31)32-16-8-9-20-12-13-24-18-23(15-14-22(24)17-20)21-10-6-5-7-11-21/h5-7,10-13,17-18,25H,8-9,14-16,19,29-30H2,1-4H3. The SMILES string of the molecule is CC(C)(N)CC(N)C(C)(C)C(=O)OCCCc1ccc2c(c1)CCC(c1ccccc1)=C2. The molecule has 32 heavy (non-hydrogen) atoms. The first-order valence-electron chi connectivity index (χ1n) is 11.7. The summed E-state index contributed by atoms with van der Waals surface area (Å²) in [5, 5.41) is 0. The van der Waals surface area contributed by atoms with E-state index in [1.54, 1.807) is 0 Å². The molecule has 1 atom stereocenters. The quantitative estimate of drug-likeness (QED) is 0.424. The molecular formula is C28H38N2O2. The van der Waals surface area contributed by atoms with E-state index in [-0.39, 0.29) is 12.0 Å². The molecule has 172 valence electrons. The van der Waals surface area contributed by atoms with Gasteiger partial charge in [0.2, 0.25) is 0 Å². The fourth-order valence-corrected chi connectivity index (χ4v) is 4.18. The summed E-state index contributed by atoms with van der Waals surface area (Å²) in [5.41, 5.74) is 17.9. The van der Waals surface area contributed by atoms with E-state index in [0.29, 0.717) is 13.0 Å². The number of hydrogen-bond acceptors (Lipinski definition) is 4. The number of benzene rings is 2. The van der Waals surface area contributed by atoms with Crippen molar-refractivity contribution >= 4 is 17.6 Å². The number of fused-ring (bicyclic) bond motifs is 1. The molecule has 0 amide bonds. The van der Waals surface area contributed by atoms with Crippen molar-refractivity contribution in [2.75, 3.05) is 6.61 Å². The van der Waals surface area contributed by atoms with Crippen molar-refractivity contribution in [1.82, 2.24) is 0 Å². The summed E-state index contributed by atoms with van der Waals surface area (Å²) in [6, 6.07) is 17.0. The van der Waals surface area contributed by atoms with Crippen molar-refractivity contribution in [3.8, 4) is 0 Å². The molecule has 3 rings (SSSR count). The van der Waals surface area contributed by atoms with Gasteiger partial charge in [0, 0.05) is 11.6 Å². The zero-order valence-electron chi connectivity index (χ0n) is 20.0. The van der Waals surface area contributed by atoms with Gasteiger partial charge in [-0.15, -0.1) is 0 Å². The van der Waals surface area contributed by atoms with Crippen LogP contribution in [0.25, 0.3) is 11.6 Å². The van der Waals surface area contributed by atoms with Gasteiger partial charge in [-0.1, -0.05) is 54.6 Å². The van der Waals surface area contributed by atoms with E-state index in [1.165, 1.54) is 27.8 Å². The van der Waals surface area contributed by atoms with Crippen LogP contribution in [-0.2, 0) is 22.4 Å². The Morgan fingerprint density at radius 3 is 2.47 bits per heavy atom. The van der Waals surface area contributed by atoms with Crippen LogP contribution in [0.3, 0.4) is 0 Å². The Balaban J connectivity index is 1.51. The van der Waals surface area contributed by atoms with Gasteiger partial charge < -0.3 is 16.2 Å². The third kappa shape index (κ3) is 6.30. The number of allylic oxidation sites excluding steroid dienone is 1. The van der Waals surface area contributed by atoms with Crippen molar-refractivity contribution in [2.45, 2.75) is 71.4 Å². The zero-order valence-corrected chi connectivity index (χ0v) is 20.0. The topological polar surface area (TPSA) is 78.3 Å². The van der Waals surface area contributed by atoms with Gasteiger partial charge in [0.15, 0.2) is 0 Å². The Kier molecular flexibility index (Phi) is 7.58. The van der Waals surface area contributed by atoms with Crippen molar-refractivity contribution in [1.29, 1.82) is 0 Å². The van der Waals surface area contributed by atoms with E-state index >= 15 is 0 Å². The fourth-order valence-electron chi connectivity index (χ4n) is 4.18. The van der Waals surface area contributed by atoms with Crippen LogP contribution in [0.15, 0.2) is 48.5 Å². The second-order valence-corrected chi connectivity index (χ2v) is 10.3. The average molecular weight is 435 g/mol. The lowest BCUT2D eigenvalue weighted by molar-refractivity contribution is -0.155. The van der Waals surface area contributed by atoms with Gasteiger partial charge in [-0.25, -0.2) is 0 Å². The second-order valence-electron chi connectivity index (χ2n) is 10.3. The van der Waals surface area contributed by atoms with Crippen molar-refractivity contribution in [3.05, 3.63) is 70.8 Å². The third-order valence-electron chi connectivity index (χ3n) is 6.39. The fraction of sp³-hybridized carbons (Fsp3) is 0.464. The van der Waals surface area contributed by atoms with Gasteiger partial charge in [0.05, 0.1) is 12.0 Å². The van der Waals surface area contributed by atoms with Crippen LogP contribution < -0.4 is 11.5 Å². The molecule has 0 bridgehead atoms. The lowest BCUT2D eigenvalue weighted by Gasteiger charge is -2.33. The Bertz CT molecular complexity index is 955. The summed E-state index contributed by atoms with van der Waals surface area (Å²) in [5.74, 6) is -0.252. The molecule has 0 saturated carbocycles. The molecule has 0 saturated heterocycles. The van der Waals surface area contributed by atoms with Crippen LogP contribution in [0.5, 0.6) is 0 Å². The summed E-state index contributed by atoms with van der Waals surface area (Å²) in [6.07, 6.45) is 6.68. The molecule has 1 unspecified atom stereocenters. The Morgan fingerprint density at radius 1 is 1.06 bits per heavy atom. The lowest BCUT2D eigenvalue weighted by Crippen LogP contribution is -2.50. The first-order valence-corrected chi connectivity index (χ1v) is 11.7. The smallest absolute Gasteiger partial charge is 0.313 e. The summed E-state index contributed by atoms with van der Waals surface area (Å²) >= 11 is 0. The Labute approximate surface area is 193 Å². The molecule has 2 aromatic carbocycles. The number of aryl methyl sites for hydroxylation is 2. The summed E-state index contributed by atoms with van der Waals surface area (Å²) in [6.45, 7) is 7.92. The van der Waals surface area contributed by atoms with Crippen LogP contribution in [-0.4, -0.2) is 24.2 Å². The van der Waals surface area contributed by atoms with Gasteiger partial charge >= 0.3 is 5.97 Å². The highest BCUT2D eigenvalue weighted by molar-refractivity contribution is 5.84. The van der Waals surface area contributed by atoms with Crippen molar-refractivity contribution in [3.63, 3.8) is 0 Å². The van der Waals surface area contributed by atoms with Crippen LogP contribution >= 0.6 is 0 Å². The van der Waals surface area contributed by atoms with E-state index in [2.05, 4.69) is 54.6 Å². The Hall–Kier alpha value is -2.43. The maximum absolute atomic E-state index is 12.6. The highest BCUT2D eigenvalue weighted by Crippen LogP contribution is 2.31. The lowest BCUT2D eigenvalue weighted by atomic mass is 9.79. The van der Waals surface area contributed by atoms with Gasteiger partial charge in [0.1, 0.15) is 0 Å². The number of rotatable bonds is 9. The van der Waals surface area contributed by atoms with E-state index < -0.39 is 11.0 Å². The van der Waals surface area contributed by atoms with Crippen molar-refractivity contribution in [2.24, 2.45) is 16.9 Å². The number of esters is 1. The summed E-state index contributed by atoms with van der Waals surface area (Å²) < 4.78 is 5.57. The van der Waals surface area contributed by atoms with Crippen LogP contribution in [0.4, 0.5) is 0 Å². The minimum atomic E-state index is -0.759. The van der Waals surface area contributed by atoms with Gasteiger partial charge in [-0.2, -0.15) is 0 Å². The third-order valence-corrected chi connectivity index (χ3v) is 6.39. The van der Waals surface area contributed by atoms with Crippen LogP contribution in [0, 0.1) is 5.41 Å². The van der Waals surface area contributed by atoms with E-state index in [4.69, 9.17) is 16.2 Å². The number of hydrogen-bond donors (Lipinski definition) is 2. The number of nitrogens with two attached hydrogens (primary N) is 2. The average Bonchev–Trinajstić information content (AvgIpc) is 2.75. The van der Waals surface area contributed by atoms with Crippen LogP contribution in [0.2, 0.25) is 0 Å². The van der Waals surface area contributed by atoms with Gasteiger partial charge in [-0.05, 0) is 87.6 Å². The predicted octanol–water partition coefficient (Wildman–Crippen LogP) is 5.13. The molecule has 0 fully saturated rings. The molecule has 1 aliphatic carbocycles. The number of carbonyl (C=O) groups excluding carboxylic acids is 1. The number of ether oxygens (including phenoxy) is 1. The van der Waals surface area contributed by atoms with Crippen LogP contribution in [0.1, 0.15) is 69.2 Å². The van der Waals surface area contributed by atoms with E-state index in [1.807, 2.05) is 27.7 Å². The first-order chi connectivity index (χ1) is 15.1. The summed E-state index contributed by atoms with van der Waals surface area (Å²) in [4.78, 5) is 12.6. The minimum Gasteiger partial charge on any atom is -0.465 e. The molecule has 0 radical (unpaired) electrons. The van der Waals surface area contributed by atoms with Gasteiger partial charge in [-0.3, -0.25) is 4.79 Å². The maximum atomic E-state index is 12.6. The normalized spacial score (nSPS) is 15.0. The minimum absolute atomic E-state index is 0.252. The van der Waals surface area contributed by atoms with Crippen molar-refractivity contribution < 1.29 is 9.53 Å². The highest BCUT2D eigenvalue weighted by atomic mass is 16.5. The molecule has 0 aromatic heterocycles. The zero-order chi connectivity index (χ0) is 23.4. The van der Waals surface area contributed by atoms with Gasteiger partial charge in [0.25, 0.3) is 0 Å². The molecule has 4 heteroatoms. The maximum Gasteiger partial charge on any atom is 0.313 e. The molecular weight excluding hydrogens is 396 g/mol. The van der Waals surface area contributed by atoms with E-state index in [9.17, 15) is 4.79 Å². The highest BCUT2D eigenvalue weighted by Gasteiger charge is 2.38. The first kappa shape index (κ1) is 24.2. The van der Waals surface area contributed by atoms with E-state index in [0.717, 1.165) is 25.7 Å². The Morgan fingerprint density at radius 2 is 1.78 bits per heavy atom. The molecule has 4 nitrogen and oxygen atoms in total. The largest absolute Gasteiger partial charge is 0.465 e.